The fraction of sp³-hybridized carbons (Fsp3) is 0.259. The summed E-state index contributed by atoms with van der Waals surface area (Å²) < 4.78 is 0. The second kappa shape index (κ2) is 10.2. The zero-order valence-electron chi connectivity index (χ0n) is 18.4. The van der Waals surface area contributed by atoms with Gasteiger partial charge in [0.15, 0.2) is 0 Å². The van der Waals surface area contributed by atoms with Gasteiger partial charge >= 0.3 is 0 Å². The van der Waals surface area contributed by atoms with Crippen molar-refractivity contribution in [2.75, 3.05) is 31.1 Å². The smallest absolute Gasteiger partial charge is 0.241 e. The summed E-state index contributed by atoms with van der Waals surface area (Å²) in [5, 5.41) is 2.86. The van der Waals surface area contributed by atoms with Gasteiger partial charge in [0.1, 0.15) is 0 Å². The lowest BCUT2D eigenvalue weighted by Crippen LogP contribution is -2.58. The van der Waals surface area contributed by atoms with Crippen LogP contribution in [0.1, 0.15) is 12.5 Å². The van der Waals surface area contributed by atoms with Gasteiger partial charge in [-0.3, -0.25) is 14.5 Å². The maximum Gasteiger partial charge on any atom is 0.241 e. The monoisotopic (exact) mass is 427 g/mol. The van der Waals surface area contributed by atoms with E-state index in [9.17, 15) is 9.59 Å². The van der Waals surface area contributed by atoms with E-state index >= 15 is 0 Å². The first-order chi connectivity index (χ1) is 15.6. The van der Waals surface area contributed by atoms with Crippen LogP contribution in [0.3, 0.4) is 0 Å². The van der Waals surface area contributed by atoms with Gasteiger partial charge in [-0.25, -0.2) is 0 Å². The average Bonchev–Trinajstić information content (AvgIpc) is 2.82. The van der Waals surface area contributed by atoms with Crippen LogP contribution in [0.5, 0.6) is 0 Å². The van der Waals surface area contributed by atoms with Gasteiger partial charge in [0.2, 0.25) is 11.8 Å². The molecule has 32 heavy (non-hydrogen) atoms. The van der Waals surface area contributed by atoms with Gasteiger partial charge in [0, 0.05) is 38.2 Å². The Bertz CT molecular complexity index is 1050. The molecule has 3 aromatic carbocycles. The highest BCUT2D eigenvalue weighted by molar-refractivity contribution is 5.99. The van der Waals surface area contributed by atoms with E-state index in [4.69, 9.17) is 0 Å². The first-order valence-corrected chi connectivity index (χ1v) is 11.1. The van der Waals surface area contributed by atoms with Crippen molar-refractivity contribution < 1.29 is 9.59 Å². The van der Waals surface area contributed by atoms with Crippen LogP contribution < -0.4 is 10.2 Å². The molecule has 5 nitrogen and oxygen atoms in total. The van der Waals surface area contributed by atoms with Crippen LogP contribution in [0.4, 0.5) is 5.69 Å². The van der Waals surface area contributed by atoms with Crippen molar-refractivity contribution in [2.45, 2.75) is 19.4 Å². The van der Waals surface area contributed by atoms with Gasteiger partial charge in [-0.15, -0.1) is 0 Å². The molecule has 5 heteroatoms. The molecular weight excluding hydrogens is 398 g/mol. The average molecular weight is 428 g/mol. The van der Waals surface area contributed by atoms with Crippen LogP contribution in [0.25, 0.3) is 11.1 Å². The predicted octanol–water partition coefficient (Wildman–Crippen LogP) is 3.75. The van der Waals surface area contributed by atoms with Crippen molar-refractivity contribution in [1.82, 2.24) is 10.2 Å². The number of piperazine rings is 1. The second-order valence-electron chi connectivity index (χ2n) is 8.18. The fourth-order valence-corrected chi connectivity index (χ4v) is 4.34. The van der Waals surface area contributed by atoms with Gasteiger partial charge in [-0.2, -0.15) is 0 Å². The van der Waals surface area contributed by atoms with Crippen molar-refractivity contribution in [3.8, 4) is 11.1 Å². The molecule has 0 aromatic heterocycles. The predicted molar refractivity (Wildman–Crippen MR) is 128 cm³/mol. The van der Waals surface area contributed by atoms with Gasteiger partial charge in [0.25, 0.3) is 0 Å². The number of amides is 2. The van der Waals surface area contributed by atoms with Crippen molar-refractivity contribution in [1.29, 1.82) is 0 Å². The summed E-state index contributed by atoms with van der Waals surface area (Å²) in [4.78, 5) is 28.7. The summed E-state index contributed by atoms with van der Waals surface area (Å²) in [6.07, 6.45) is 0.845. The third-order valence-electron chi connectivity index (χ3n) is 5.92. The Hall–Kier alpha value is -3.44. The maximum atomic E-state index is 13.3. The van der Waals surface area contributed by atoms with Crippen LogP contribution in [-0.2, 0) is 16.0 Å². The number of benzene rings is 3. The number of hydrogen-bond acceptors (Lipinski definition) is 3. The molecule has 3 aromatic rings. The molecule has 1 aliphatic rings. The molecular formula is C27H29N3O2. The number of carbonyl (C=O) groups is 2. The lowest BCUT2D eigenvalue weighted by atomic mass is 9.98. The molecule has 0 radical (unpaired) electrons. The molecule has 1 unspecified atom stereocenters. The van der Waals surface area contributed by atoms with E-state index in [0.29, 0.717) is 26.2 Å². The Morgan fingerprint density at radius 3 is 2.31 bits per heavy atom. The fourth-order valence-electron chi connectivity index (χ4n) is 4.34. The minimum Gasteiger partial charge on any atom is -0.355 e. The highest BCUT2D eigenvalue weighted by atomic mass is 16.2. The van der Waals surface area contributed by atoms with E-state index in [1.807, 2.05) is 59.5 Å². The van der Waals surface area contributed by atoms with Crippen LogP contribution >= 0.6 is 0 Å². The lowest BCUT2D eigenvalue weighted by molar-refractivity contribution is -0.122. The molecule has 1 fully saturated rings. The van der Waals surface area contributed by atoms with Gasteiger partial charge < -0.3 is 10.2 Å². The third-order valence-corrected chi connectivity index (χ3v) is 5.92. The Labute approximate surface area is 189 Å². The highest BCUT2D eigenvalue weighted by Gasteiger charge is 2.33. The van der Waals surface area contributed by atoms with Crippen molar-refractivity contribution >= 4 is 17.5 Å². The summed E-state index contributed by atoms with van der Waals surface area (Å²) in [6, 6.07) is 28.8. The maximum absolute atomic E-state index is 13.3. The first kappa shape index (κ1) is 21.8. The molecule has 164 valence electrons. The number of nitrogens with zero attached hydrogens (tertiary/aromatic N) is 2. The Morgan fingerprint density at radius 2 is 1.59 bits per heavy atom. The number of nitrogens with one attached hydrogen (secondary N) is 1. The zero-order chi connectivity index (χ0) is 22.3. The van der Waals surface area contributed by atoms with Crippen molar-refractivity contribution in [2.24, 2.45) is 0 Å². The van der Waals surface area contributed by atoms with Gasteiger partial charge in [-0.1, -0.05) is 78.9 Å². The molecule has 0 aliphatic carbocycles. The molecule has 0 spiro atoms. The number of anilines is 1. The van der Waals surface area contributed by atoms with Crippen LogP contribution in [-0.4, -0.2) is 48.9 Å². The normalized spacial score (nSPS) is 16.7. The number of rotatable bonds is 7. The van der Waals surface area contributed by atoms with Crippen LogP contribution in [0, 0.1) is 0 Å². The summed E-state index contributed by atoms with van der Waals surface area (Å²) in [5.74, 6) is 0.0341. The van der Waals surface area contributed by atoms with Crippen molar-refractivity contribution in [3.63, 3.8) is 0 Å². The molecule has 0 saturated carbocycles. The van der Waals surface area contributed by atoms with Gasteiger partial charge in [-0.05, 0) is 23.6 Å². The molecule has 0 bridgehead atoms. The standard InChI is InChI=1S/C27H29N3O2/c1-21(31)28-16-17-29-20-27(32)30(19-24(29)18-22-10-4-2-5-11-22)26-15-9-8-14-25(26)23-12-6-3-7-13-23/h2-15,24H,16-20H2,1H3,(H,28,31). The highest BCUT2D eigenvalue weighted by Crippen LogP contribution is 2.32. The van der Waals surface area contributed by atoms with E-state index in [1.54, 1.807) is 0 Å². The van der Waals surface area contributed by atoms with E-state index in [2.05, 4.69) is 40.5 Å². The van der Waals surface area contributed by atoms with E-state index < -0.39 is 0 Å². The van der Waals surface area contributed by atoms with Crippen LogP contribution in [0.15, 0.2) is 84.9 Å². The topological polar surface area (TPSA) is 52.7 Å². The zero-order valence-corrected chi connectivity index (χ0v) is 18.4. The summed E-state index contributed by atoms with van der Waals surface area (Å²) in [5.41, 5.74) is 4.35. The number of carbonyl (C=O) groups excluding carboxylic acids is 2. The molecule has 1 N–H and O–H groups in total. The largest absolute Gasteiger partial charge is 0.355 e. The number of para-hydroxylation sites is 1. The number of hydrogen-bond donors (Lipinski definition) is 1. The Morgan fingerprint density at radius 1 is 0.938 bits per heavy atom. The van der Waals surface area contributed by atoms with Crippen LogP contribution in [0.2, 0.25) is 0 Å². The molecule has 1 heterocycles. The Balaban J connectivity index is 1.61. The first-order valence-electron chi connectivity index (χ1n) is 11.1. The summed E-state index contributed by atoms with van der Waals surface area (Å²) >= 11 is 0. The molecule has 4 rings (SSSR count). The van der Waals surface area contributed by atoms with Gasteiger partial charge in [0.05, 0.1) is 12.2 Å². The van der Waals surface area contributed by atoms with E-state index in [0.717, 1.165) is 23.2 Å². The van der Waals surface area contributed by atoms with Crippen molar-refractivity contribution in [3.05, 3.63) is 90.5 Å². The molecule has 1 atom stereocenters. The lowest BCUT2D eigenvalue weighted by Gasteiger charge is -2.41. The SMILES string of the molecule is CC(=O)NCCN1CC(=O)N(c2ccccc2-c2ccccc2)CC1Cc1ccccc1. The summed E-state index contributed by atoms with van der Waals surface area (Å²) in [7, 11) is 0. The minimum absolute atomic E-state index is 0.0497. The quantitative estimate of drug-likeness (QED) is 0.625. The summed E-state index contributed by atoms with van der Waals surface area (Å²) in [6.45, 7) is 3.65. The molecule has 2 amide bonds. The molecule has 1 saturated heterocycles. The van der Waals surface area contributed by atoms with E-state index in [-0.39, 0.29) is 17.9 Å². The Kier molecular flexibility index (Phi) is 6.97. The van der Waals surface area contributed by atoms with E-state index in [1.165, 1.54) is 12.5 Å². The second-order valence-corrected chi connectivity index (χ2v) is 8.18. The minimum atomic E-state index is -0.0497. The molecule has 1 aliphatic heterocycles. The third kappa shape index (κ3) is 5.24.